The Morgan fingerprint density at radius 2 is 2.15 bits per heavy atom. The van der Waals surface area contributed by atoms with Gasteiger partial charge in [-0.3, -0.25) is 4.79 Å². The average molecular weight is 223 g/mol. The molecule has 0 radical (unpaired) electrons. The van der Waals surface area contributed by atoms with E-state index in [9.17, 15) is 9.18 Å². The van der Waals surface area contributed by atoms with E-state index < -0.39 is 17.2 Å². The van der Waals surface area contributed by atoms with Crippen molar-refractivity contribution in [2.75, 3.05) is 0 Å². The predicted octanol–water partition coefficient (Wildman–Crippen LogP) is 2.84. The van der Waals surface area contributed by atoms with Gasteiger partial charge in [0.05, 0.1) is 0 Å². The molecule has 1 atom stereocenters. The second-order valence-electron chi connectivity index (χ2n) is 2.37. The molecule has 1 aromatic rings. The van der Waals surface area contributed by atoms with Crippen LogP contribution < -0.4 is 0 Å². The Balaban J connectivity index is 3.08. The molecule has 0 bridgehead atoms. The SMILES string of the molecule is O=C(O)C(Cl)c1ccc(Cl)cc1F. The van der Waals surface area contributed by atoms with Crippen LogP contribution in [0.3, 0.4) is 0 Å². The molecule has 0 saturated heterocycles. The molecular formula is C8H5Cl2FO2. The molecule has 0 aromatic heterocycles. The maximum absolute atomic E-state index is 13.0. The molecule has 0 spiro atoms. The Bertz CT molecular complexity index is 341. The van der Waals surface area contributed by atoms with E-state index in [0.717, 1.165) is 6.07 Å². The normalized spacial score (nSPS) is 12.5. The van der Waals surface area contributed by atoms with Gasteiger partial charge in [0.1, 0.15) is 5.82 Å². The second-order valence-corrected chi connectivity index (χ2v) is 3.24. The highest BCUT2D eigenvalue weighted by atomic mass is 35.5. The summed E-state index contributed by atoms with van der Waals surface area (Å²) >= 11 is 10.9. The number of hydrogen-bond donors (Lipinski definition) is 1. The third kappa shape index (κ3) is 2.32. The number of carboxylic acids is 1. The van der Waals surface area contributed by atoms with Crippen LogP contribution in [0.5, 0.6) is 0 Å². The fraction of sp³-hybridized carbons (Fsp3) is 0.125. The Hall–Kier alpha value is -0.800. The number of carboxylic acid groups (broad SMARTS) is 1. The number of hydrogen-bond acceptors (Lipinski definition) is 1. The number of aliphatic carboxylic acids is 1. The van der Waals surface area contributed by atoms with Gasteiger partial charge in [-0.2, -0.15) is 0 Å². The summed E-state index contributed by atoms with van der Waals surface area (Å²) in [6.45, 7) is 0. The predicted molar refractivity (Wildman–Crippen MR) is 47.6 cm³/mol. The third-order valence-corrected chi connectivity index (χ3v) is 2.11. The summed E-state index contributed by atoms with van der Waals surface area (Å²) in [5.41, 5.74) is -0.0847. The number of carbonyl (C=O) groups is 1. The highest BCUT2D eigenvalue weighted by molar-refractivity contribution is 6.31. The van der Waals surface area contributed by atoms with Crippen LogP contribution in [0, 0.1) is 5.82 Å². The second kappa shape index (κ2) is 3.94. The fourth-order valence-corrected chi connectivity index (χ4v) is 1.18. The van der Waals surface area contributed by atoms with Gasteiger partial charge in [-0.05, 0) is 12.1 Å². The van der Waals surface area contributed by atoms with E-state index in [1.54, 1.807) is 0 Å². The Labute approximate surface area is 83.9 Å². The zero-order chi connectivity index (χ0) is 10.0. The molecule has 1 rings (SSSR count). The van der Waals surface area contributed by atoms with Gasteiger partial charge < -0.3 is 5.11 Å². The maximum Gasteiger partial charge on any atom is 0.326 e. The van der Waals surface area contributed by atoms with Gasteiger partial charge in [0.25, 0.3) is 0 Å². The maximum atomic E-state index is 13.0. The van der Waals surface area contributed by atoms with Crippen molar-refractivity contribution in [3.05, 3.63) is 34.6 Å². The van der Waals surface area contributed by atoms with E-state index in [1.165, 1.54) is 12.1 Å². The highest BCUT2D eigenvalue weighted by Gasteiger charge is 2.19. The van der Waals surface area contributed by atoms with Crippen molar-refractivity contribution in [3.63, 3.8) is 0 Å². The molecule has 0 aliphatic rings. The minimum absolute atomic E-state index is 0.0847. The van der Waals surface area contributed by atoms with Crippen molar-refractivity contribution >= 4 is 29.2 Å². The van der Waals surface area contributed by atoms with Crippen LogP contribution in [-0.2, 0) is 4.79 Å². The van der Waals surface area contributed by atoms with Crippen LogP contribution in [0.1, 0.15) is 10.9 Å². The summed E-state index contributed by atoms with van der Waals surface area (Å²) in [6, 6.07) is 3.66. The molecule has 70 valence electrons. The van der Waals surface area contributed by atoms with Gasteiger partial charge in [-0.25, -0.2) is 4.39 Å². The van der Waals surface area contributed by atoms with Crippen molar-refractivity contribution < 1.29 is 14.3 Å². The van der Waals surface area contributed by atoms with E-state index in [1.807, 2.05) is 0 Å². The first-order valence-electron chi connectivity index (χ1n) is 3.34. The molecule has 1 unspecified atom stereocenters. The number of rotatable bonds is 2. The lowest BCUT2D eigenvalue weighted by Gasteiger charge is -2.05. The van der Waals surface area contributed by atoms with Gasteiger partial charge in [0.15, 0.2) is 5.38 Å². The average Bonchev–Trinajstić information content (AvgIpc) is 2.03. The van der Waals surface area contributed by atoms with Crippen LogP contribution >= 0.6 is 23.2 Å². The zero-order valence-electron chi connectivity index (χ0n) is 6.30. The first-order valence-corrected chi connectivity index (χ1v) is 4.15. The smallest absolute Gasteiger partial charge is 0.326 e. The molecule has 13 heavy (non-hydrogen) atoms. The molecule has 0 aliphatic heterocycles. The first-order chi connectivity index (χ1) is 6.02. The standard InChI is InChI=1S/C8H5Cl2FO2/c9-4-1-2-5(6(11)3-4)7(10)8(12)13/h1-3,7H,(H,12,13). The summed E-state index contributed by atoms with van der Waals surface area (Å²) in [6.07, 6.45) is 0. The lowest BCUT2D eigenvalue weighted by molar-refractivity contribution is -0.136. The highest BCUT2D eigenvalue weighted by Crippen LogP contribution is 2.25. The third-order valence-electron chi connectivity index (χ3n) is 1.45. The molecule has 5 heteroatoms. The number of benzene rings is 1. The molecule has 0 saturated carbocycles. The summed E-state index contributed by atoms with van der Waals surface area (Å²) < 4.78 is 13.0. The van der Waals surface area contributed by atoms with Crippen molar-refractivity contribution in [2.45, 2.75) is 5.38 Å². The lowest BCUT2D eigenvalue weighted by atomic mass is 10.1. The first kappa shape index (κ1) is 10.3. The van der Waals surface area contributed by atoms with Crippen LogP contribution in [0.15, 0.2) is 18.2 Å². The quantitative estimate of drug-likeness (QED) is 0.782. The van der Waals surface area contributed by atoms with E-state index in [4.69, 9.17) is 28.3 Å². The minimum Gasteiger partial charge on any atom is -0.480 e. The van der Waals surface area contributed by atoms with Crippen LogP contribution in [0.2, 0.25) is 5.02 Å². The minimum atomic E-state index is -1.38. The van der Waals surface area contributed by atoms with E-state index >= 15 is 0 Å². The summed E-state index contributed by atoms with van der Waals surface area (Å²) in [7, 11) is 0. The monoisotopic (exact) mass is 222 g/mol. The van der Waals surface area contributed by atoms with Crippen LogP contribution in [0.25, 0.3) is 0 Å². The van der Waals surface area contributed by atoms with Crippen molar-refractivity contribution in [2.24, 2.45) is 0 Å². The summed E-state index contributed by atoms with van der Waals surface area (Å²) in [5.74, 6) is -2.00. The molecule has 0 fully saturated rings. The molecular weight excluding hydrogens is 218 g/mol. The van der Waals surface area contributed by atoms with Gasteiger partial charge in [-0.1, -0.05) is 17.7 Å². The molecule has 0 heterocycles. The molecule has 1 aromatic carbocycles. The van der Waals surface area contributed by atoms with Crippen molar-refractivity contribution in [3.8, 4) is 0 Å². The summed E-state index contributed by atoms with van der Waals surface area (Å²) in [5, 5.41) is 7.32. The Morgan fingerprint density at radius 3 is 2.62 bits per heavy atom. The van der Waals surface area contributed by atoms with Crippen molar-refractivity contribution in [1.82, 2.24) is 0 Å². The van der Waals surface area contributed by atoms with Crippen molar-refractivity contribution in [1.29, 1.82) is 0 Å². The lowest BCUT2D eigenvalue weighted by Crippen LogP contribution is -2.06. The van der Waals surface area contributed by atoms with Gasteiger partial charge in [0.2, 0.25) is 0 Å². The van der Waals surface area contributed by atoms with Gasteiger partial charge in [-0.15, -0.1) is 11.6 Å². The fourth-order valence-electron chi connectivity index (χ4n) is 0.840. The molecule has 0 amide bonds. The van der Waals surface area contributed by atoms with Crippen LogP contribution in [-0.4, -0.2) is 11.1 Å². The van der Waals surface area contributed by atoms with E-state index in [0.29, 0.717) is 0 Å². The number of halogens is 3. The Morgan fingerprint density at radius 1 is 1.54 bits per heavy atom. The number of alkyl halides is 1. The largest absolute Gasteiger partial charge is 0.480 e. The summed E-state index contributed by atoms with van der Waals surface area (Å²) in [4.78, 5) is 10.4. The zero-order valence-corrected chi connectivity index (χ0v) is 7.81. The Kier molecular flexibility index (Phi) is 3.12. The molecule has 0 aliphatic carbocycles. The van der Waals surface area contributed by atoms with E-state index in [-0.39, 0.29) is 10.6 Å². The topological polar surface area (TPSA) is 37.3 Å². The van der Waals surface area contributed by atoms with Crippen LogP contribution in [0.4, 0.5) is 4.39 Å². The van der Waals surface area contributed by atoms with Gasteiger partial charge >= 0.3 is 5.97 Å². The van der Waals surface area contributed by atoms with Gasteiger partial charge in [0, 0.05) is 10.6 Å². The molecule has 1 N–H and O–H groups in total. The van der Waals surface area contributed by atoms with E-state index in [2.05, 4.69) is 0 Å². The molecule has 2 nitrogen and oxygen atoms in total.